The van der Waals surface area contributed by atoms with Gasteiger partial charge in [0.1, 0.15) is 0 Å². The topological polar surface area (TPSA) is 216 Å². The average Bonchev–Trinajstić information content (AvgIpc) is 2.89. The number of nitrogens with two attached hydrogens (primary N) is 2. The maximum atomic E-state index is 11.0. The smallest absolute Gasteiger partial charge is 0.480 e. The zero-order valence-corrected chi connectivity index (χ0v) is 18.2. The number of carboxylic acids is 2. The summed E-state index contributed by atoms with van der Waals surface area (Å²) in [6.45, 7) is 2.69. The van der Waals surface area contributed by atoms with E-state index in [1.807, 2.05) is 0 Å². The van der Waals surface area contributed by atoms with Crippen LogP contribution in [0.2, 0.25) is 0 Å². The van der Waals surface area contributed by atoms with Gasteiger partial charge in [0.25, 0.3) is 0 Å². The van der Waals surface area contributed by atoms with E-state index in [1.165, 1.54) is 13.3 Å². The Morgan fingerprint density at radius 3 is 1.52 bits per heavy atom. The zero-order valence-electron chi connectivity index (χ0n) is 15.1. The fraction of sp³-hybridized carbons (Fsp3) is 0.857. The molecule has 27 heavy (non-hydrogen) atoms. The van der Waals surface area contributed by atoms with Crippen molar-refractivity contribution in [2.24, 2.45) is 22.8 Å². The zero-order chi connectivity index (χ0) is 20.5. The van der Waals surface area contributed by atoms with Crippen LogP contribution < -0.4 is 16.8 Å². The van der Waals surface area contributed by atoms with Crippen molar-refractivity contribution in [3.05, 3.63) is 0 Å². The van der Waals surface area contributed by atoms with Crippen LogP contribution in [0.25, 0.3) is 0 Å². The summed E-state index contributed by atoms with van der Waals surface area (Å²) in [4.78, 5) is 43.5. The molecular weight excluding hydrogens is 564 g/mol. The maximum absolute atomic E-state index is 11.0. The van der Waals surface area contributed by atoms with Crippen LogP contribution in [0, 0.1) is 11.3 Å². The average molecular weight is 594 g/mol. The Kier molecular flexibility index (Phi) is 13.8. The molecule has 0 aromatic carbocycles. The van der Waals surface area contributed by atoms with E-state index in [-0.39, 0.29) is 27.0 Å². The minimum absolute atomic E-state index is 0. The Balaban J connectivity index is 0. The van der Waals surface area contributed by atoms with Gasteiger partial charge in [-0.15, -0.1) is 0 Å². The second-order valence-electron chi connectivity index (χ2n) is 6.61. The SMILES string of the molecule is CC(C(=O)O)(C(=O)O)C1CCNCC1.NC1CCCC1N.O=P(O)(O)O.[Pt+2]. The summed E-state index contributed by atoms with van der Waals surface area (Å²) in [5.41, 5.74) is 9.47. The van der Waals surface area contributed by atoms with Crippen molar-refractivity contribution in [2.75, 3.05) is 13.1 Å². The summed E-state index contributed by atoms with van der Waals surface area (Å²) in [5.74, 6) is -2.76. The first-order valence-electron chi connectivity index (χ1n) is 8.27. The van der Waals surface area contributed by atoms with E-state index in [1.54, 1.807) is 0 Å². The molecule has 2 unspecified atom stereocenters. The predicted molar refractivity (Wildman–Crippen MR) is 93.0 cm³/mol. The van der Waals surface area contributed by atoms with E-state index in [2.05, 4.69) is 5.32 Å². The molecule has 0 bridgehead atoms. The molecule has 162 valence electrons. The number of nitrogens with one attached hydrogen (secondary N) is 1. The second kappa shape index (κ2) is 13.0. The summed E-state index contributed by atoms with van der Waals surface area (Å²) in [7, 11) is -4.64. The Morgan fingerprint density at radius 1 is 0.963 bits per heavy atom. The molecule has 2 aliphatic rings. The van der Waals surface area contributed by atoms with Crippen LogP contribution in [0.5, 0.6) is 0 Å². The van der Waals surface area contributed by atoms with E-state index in [4.69, 9.17) is 40.9 Å². The number of carboxylic acid groups (broad SMARTS) is 2. The van der Waals surface area contributed by atoms with Crippen LogP contribution in [0.15, 0.2) is 0 Å². The molecule has 10 N–H and O–H groups in total. The van der Waals surface area contributed by atoms with Gasteiger partial charge in [-0.2, -0.15) is 0 Å². The van der Waals surface area contributed by atoms with Crippen LogP contribution in [-0.2, 0) is 35.2 Å². The molecule has 1 aliphatic carbocycles. The molecule has 1 saturated carbocycles. The molecule has 0 amide bonds. The van der Waals surface area contributed by atoms with Gasteiger partial charge in [0.15, 0.2) is 5.41 Å². The first kappa shape index (κ1) is 28.8. The Labute approximate surface area is 172 Å². The van der Waals surface area contributed by atoms with E-state index < -0.39 is 25.2 Å². The molecule has 13 heteroatoms. The number of piperidine rings is 1. The molecule has 0 radical (unpaired) electrons. The van der Waals surface area contributed by atoms with Gasteiger partial charge in [-0.25, -0.2) is 4.57 Å². The minimum Gasteiger partial charge on any atom is -0.480 e. The predicted octanol–water partition coefficient (Wildman–Crippen LogP) is -0.945. The van der Waals surface area contributed by atoms with Gasteiger partial charge in [-0.3, -0.25) is 9.59 Å². The first-order chi connectivity index (χ1) is 11.8. The molecule has 2 fully saturated rings. The second-order valence-corrected chi connectivity index (χ2v) is 7.64. The largest absolute Gasteiger partial charge is 2.00 e. The quantitative estimate of drug-likeness (QED) is 0.147. The number of hydrogen-bond acceptors (Lipinski definition) is 6. The van der Waals surface area contributed by atoms with E-state index in [9.17, 15) is 9.59 Å². The molecule has 2 rings (SSSR count). The van der Waals surface area contributed by atoms with Crippen LogP contribution in [-0.4, -0.2) is 62.0 Å². The van der Waals surface area contributed by atoms with Crippen LogP contribution in [0.4, 0.5) is 0 Å². The van der Waals surface area contributed by atoms with Crippen molar-refractivity contribution < 1.29 is 60.1 Å². The van der Waals surface area contributed by atoms with Gasteiger partial charge < -0.3 is 41.7 Å². The van der Waals surface area contributed by atoms with Gasteiger partial charge in [-0.05, 0) is 51.6 Å². The summed E-state index contributed by atoms with van der Waals surface area (Å²) in [6, 6.07) is 0.583. The normalized spacial score (nSPS) is 23.0. The van der Waals surface area contributed by atoms with Gasteiger partial charge in [0.2, 0.25) is 0 Å². The summed E-state index contributed by atoms with van der Waals surface area (Å²) >= 11 is 0. The van der Waals surface area contributed by atoms with Gasteiger partial charge in [0, 0.05) is 12.1 Å². The van der Waals surface area contributed by atoms with Crippen molar-refractivity contribution in [3.8, 4) is 0 Å². The van der Waals surface area contributed by atoms with E-state index in [0.717, 1.165) is 12.8 Å². The summed E-state index contributed by atoms with van der Waals surface area (Å²) in [6.07, 6.45) is 4.69. The van der Waals surface area contributed by atoms with Crippen molar-refractivity contribution >= 4 is 19.8 Å². The number of hydrogen-bond donors (Lipinski definition) is 8. The fourth-order valence-corrected chi connectivity index (χ4v) is 2.86. The van der Waals surface area contributed by atoms with E-state index >= 15 is 0 Å². The fourth-order valence-electron chi connectivity index (χ4n) is 2.86. The van der Waals surface area contributed by atoms with Crippen molar-refractivity contribution in [1.82, 2.24) is 5.32 Å². The summed E-state index contributed by atoms with van der Waals surface area (Å²) in [5, 5.41) is 21.0. The van der Waals surface area contributed by atoms with Crippen molar-refractivity contribution in [3.63, 3.8) is 0 Å². The Morgan fingerprint density at radius 2 is 1.30 bits per heavy atom. The molecule has 0 aromatic rings. The molecule has 2 atom stereocenters. The molecule has 1 saturated heterocycles. The van der Waals surface area contributed by atoms with Crippen LogP contribution >= 0.6 is 7.82 Å². The number of aliphatic carboxylic acids is 2. The molecular formula is C14H30N3O8PPt+2. The van der Waals surface area contributed by atoms with Gasteiger partial charge >= 0.3 is 40.8 Å². The number of phosphoric acid groups is 1. The maximum Gasteiger partial charge on any atom is 2.00 e. The number of rotatable bonds is 3. The standard InChI is InChI=1S/C9H15NO4.C5H12N2.H3O4P.Pt/c1-9(7(11)12,8(13)14)6-2-4-10-5-3-6;6-4-2-1-3-5(4)7;1-5(2,3)4;/h6,10H,2-5H2,1H3,(H,11,12)(H,13,14);4-5H,1-3,6-7H2;(H3,1,2,3,4);/q;;;+2. The molecule has 1 aliphatic heterocycles. The van der Waals surface area contributed by atoms with Gasteiger partial charge in [0.05, 0.1) is 0 Å². The Hall–Kier alpha value is -0.382. The van der Waals surface area contributed by atoms with Crippen molar-refractivity contribution in [2.45, 2.75) is 51.1 Å². The van der Waals surface area contributed by atoms with Crippen LogP contribution in [0.1, 0.15) is 39.0 Å². The minimum atomic E-state index is -4.64. The monoisotopic (exact) mass is 594 g/mol. The Bertz CT molecular complexity index is 482. The third-order valence-corrected chi connectivity index (χ3v) is 4.67. The molecule has 0 aromatic heterocycles. The molecule has 1 heterocycles. The third kappa shape index (κ3) is 11.3. The molecule has 11 nitrogen and oxygen atoms in total. The van der Waals surface area contributed by atoms with E-state index in [0.29, 0.717) is 38.0 Å². The number of carbonyl (C=O) groups is 2. The van der Waals surface area contributed by atoms with Crippen LogP contribution in [0.3, 0.4) is 0 Å². The summed E-state index contributed by atoms with van der Waals surface area (Å²) < 4.78 is 8.88. The van der Waals surface area contributed by atoms with Gasteiger partial charge in [-0.1, -0.05) is 6.42 Å². The van der Waals surface area contributed by atoms with Crippen molar-refractivity contribution in [1.29, 1.82) is 0 Å². The third-order valence-electron chi connectivity index (χ3n) is 4.67. The first-order valence-corrected chi connectivity index (χ1v) is 9.83. The molecule has 0 spiro atoms.